The lowest BCUT2D eigenvalue weighted by Crippen LogP contribution is -1.89. The smallest absolute Gasteiger partial charge is 0.119 e. The molecule has 0 aliphatic heterocycles. The van der Waals surface area contributed by atoms with E-state index in [1.807, 2.05) is 24.3 Å². The van der Waals surface area contributed by atoms with Crippen LogP contribution in [0.4, 0.5) is 5.69 Å². The minimum absolute atomic E-state index is 0.811. The van der Waals surface area contributed by atoms with Crippen LogP contribution in [0.1, 0.15) is 0 Å². The molecule has 3 heteroatoms. The Morgan fingerprint density at radius 1 is 1.14 bits per heavy atom. The van der Waals surface area contributed by atoms with Gasteiger partial charge in [-0.15, -0.1) is 0 Å². The molecule has 0 saturated carbocycles. The Balaban J connectivity index is 2.70. The Kier molecular flexibility index (Phi) is 2.50. The zero-order valence-corrected chi connectivity index (χ0v) is 9.91. The Hall–Kier alpha value is -0.970. The zero-order valence-electron chi connectivity index (χ0n) is 7.75. The van der Waals surface area contributed by atoms with Crippen molar-refractivity contribution in [2.45, 2.75) is 0 Å². The fourth-order valence-electron chi connectivity index (χ4n) is 1.39. The van der Waals surface area contributed by atoms with Crippen LogP contribution in [0.15, 0.2) is 30.3 Å². The minimum Gasteiger partial charge on any atom is -0.497 e. The summed E-state index contributed by atoms with van der Waals surface area (Å²) in [6.07, 6.45) is 0. The molecule has 0 amide bonds. The summed E-state index contributed by atoms with van der Waals surface area (Å²) in [5.74, 6) is 0.859. The molecule has 0 bridgehead atoms. The lowest BCUT2D eigenvalue weighted by Gasteiger charge is -2.04. The molecule has 0 aliphatic carbocycles. The van der Waals surface area contributed by atoms with Gasteiger partial charge in [-0.3, -0.25) is 0 Å². The van der Waals surface area contributed by atoms with Gasteiger partial charge in [-0.05, 0) is 57.6 Å². The highest BCUT2D eigenvalue weighted by Crippen LogP contribution is 2.26. The standard InChI is InChI=1S/C11H10INO/c1-14-9-3-2-7-5-10(12)11(13)6-8(7)4-9/h2-6H,13H2,1H3. The van der Waals surface area contributed by atoms with E-state index in [9.17, 15) is 0 Å². The van der Waals surface area contributed by atoms with Crippen molar-refractivity contribution in [1.82, 2.24) is 0 Å². The number of nitrogen functional groups attached to an aromatic ring is 1. The SMILES string of the molecule is COc1ccc2cc(I)c(N)cc2c1. The number of nitrogens with two attached hydrogens (primary N) is 1. The summed E-state index contributed by atoms with van der Waals surface area (Å²) >= 11 is 2.23. The molecular formula is C11H10INO. The highest BCUT2D eigenvalue weighted by molar-refractivity contribution is 14.1. The van der Waals surface area contributed by atoms with Crippen LogP contribution >= 0.6 is 22.6 Å². The average Bonchev–Trinajstić information content (AvgIpc) is 2.19. The molecule has 0 heterocycles. The fourth-order valence-corrected chi connectivity index (χ4v) is 1.88. The number of hydrogen-bond donors (Lipinski definition) is 1. The van der Waals surface area contributed by atoms with E-state index in [4.69, 9.17) is 10.5 Å². The first-order chi connectivity index (χ1) is 6.70. The maximum Gasteiger partial charge on any atom is 0.119 e. The van der Waals surface area contributed by atoms with Crippen LogP contribution in [0.3, 0.4) is 0 Å². The molecule has 0 spiro atoms. The predicted octanol–water partition coefficient (Wildman–Crippen LogP) is 3.04. The van der Waals surface area contributed by atoms with Crippen molar-refractivity contribution in [2.75, 3.05) is 12.8 Å². The van der Waals surface area contributed by atoms with Gasteiger partial charge in [-0.2, -0.15) is 0 Å². The van der Waals surface area contributed by atoms with Crippen LogP contribution in [0.25, 0.3) is 10.8 Å². The molecule has 72 valence electrons. The van der Waals surface area contributed by atoms with Crippen LogP contribution in [0.2, 0.25) is 0 Å². The van der Waals surface area contributed by atoms with E-state index in [0.717, 1.165) is 20.4 Å². The number of benzene rings is 2. The molecule has 0 aliphatic rings. The Morgan fingerprint density at radius 2 is 1.93 bits per heavy atom. The van der Waals surface area contributed by atoms with Gasteiger partial charge in [0.25, 0.3) is 0 Å². The van der Waals surface area contributed by atoms with Crippen LogP contribution in [0, 0.1) is 3.57 Å². The van der Waals surface area contributed by atoms with E-state index in [1.165, 1.54) is 5.39 Å². The molecule has 0 fully saturated rings. The molecule has 2 N–H and O–H groups in total. The van der Waals surface area contributed by atoms with E-state index in [2.05, 4.69) is 28.7 Å². The molecule has 0 atom stereocenters. The van der Waals surface area contributed by atoms with Gasteiger partial charge in [-0.1, -0.05) is 6.07 Å². The van der Waals surface area contributed by atoms with Gasteiger partial charge in [0.1, 0.15) is 5.75 Å². The third-order valence-corrected chi connectivity index (χ3v) is 3.10. The molecule has 0 saturated heterocycles. The fraction of sp³-hybridized carbons (Fsp3) is 0.0909. The predicted molar refractivity (Wildman–Crippen MR) is 67.6 cm³/mol. The topological polar surface area (TPSA) is 35.2 Å². The van der Waals surface area contributed by atoms with Crippen LogP contribution in [-0.2, 0) is 0 Å². The van der Waals surface area contributed by atoms with Gasteiger partial charge in [0, 0.05) is 9.26 Å². The Labute approximate surface area is 96.2 Å². The zero-order chi connectivity index (χ0) is 10.1. The summed E-state index contributed by atoms with van der Waals surface area (Å²) in [5.41, 5.74) is 6.64. The highest BCUT2D eigenvalue weighted by Gasteiger charge is 2.00. The number of fused-ring (bicyclic) bond motifs is 1. The number of ether oxygens (including phenoxy) is 1. The second-order valence-electron chi connectivity index (χ2n) is 3.09. The van der Waals surface area contributed by atoms with Gasteiger partial charge < -0.3 is 10.5 Å². The normalized spacial score (nSPS) is 10.4. The van der Waals surface area contributed by atoms with Gasteiger partial charge in [0.2, 0.25) is 0 Å². The molecule has 2 rings (SSSR count). The van der Waals surface area contributed by atoms with Crippen molar-refractivity contribution in [3.8, 4) is 5.75 Å². The summed E-state index contributed by atoms with van der Waals surface area (Å²) in [6, 6.07) is 10.0. The molecule has 2 aromatic carbocycles. The first kappa shape index (κ1) is 9.58. The van der Waals surface area contributed by atoms with Crippen molar-refractivity contribution in [3.63, 3.8) is 0 Å². The largest absolute Gasteiger partial charge is 0.497 e. The van der Waals surface area contributed by atoms with E-state index >= 15 is 0 Å². The third-order valence-electron chi connectivity index (χ3n) is 2.16. The molecule has 2 nitrogen and oxygen atoms in total. The van der Waals surface area contributed by atoms with Crippen molar-refractivity contribution >= 4 is 39.1 Å². The molecule has 0 unspecified atom stereocenters. The summed E-state index contributed by atoms with van der Waals surface area (Å²) in [4.78, 5) is 0. The highest BCUT2D eigenvalue weighted by atomic mass is 127. The quantitative estimate of drug-likeness (QED) is 0.649. The number of halogens is 1. The second kappa shape index (κ2) is 3.65. The molecular weight excluding hydrogens is 289 g/mol. The maximum absolute atomic E-state index is 5.83. The van der Waals surface area contributed by atoms with E-state index < -0.39 is 0 Å². The van der Waals surface area contributed by atoms with Crippen molar-refractivity contribution < 1.29 is 4.74 Å². The summed E-state index contributed by atoms with van der Waals surface area (Å²) < 4.78 is 6.23. The van der Waals surface area contributed by atoms with Crippen LogP contribution in [0.5, 0.6) is 5.75 Å². The van der Waals surface area contributed by atoms with Gasteiger partial charge >= 0.3 is 0 Å². The minimum atomic E-state index is 0.811. The number of hydrogen-bond acceptors (Lipinski definition) is 2. The first-order valence-corrected chi connectivity index (χ1v) is 5.31. The molecule has 0 radical (unpaired) electrons. The summed E-state index contributed by atoms with van der Waals surface area (Å²) in [6.45, 7) is 0. The van der Waals surface area contributed by atoms with Crippen molar-refractivity contribution in [1.29, 1.82) is 0 Å². The van der Waals surface area contributed by atoms with E-state index in [-0.39, 0.29) is 0 Å². The third kappa shape index (κ3) is 1.64. The van der Waals surface area contributed by atoms with Gasteiger partial charge in [-0.25, -0.2) is 0 Å². The van der Waals surface area contributed by atoms with E-state index in [1.54, 1.807) is 7.11 Å². The Bertz CT molecular complexity index is 482. The van der Waals surface area contributed by atoms with Crippen LogP contribution < -0.4 is 10.5 Å². The second-order valence-corrected chi connectivity index (χ2v) is 4.25. The summed E-state index contributed by atoms with van der Waals surface area (Å²) in [5, 5.41) is 2.30. The van der Waals surface area contributed by atoms with Gasteiger partial charge in [0.05, 0.1) is 7.11 Å². The lowest BCUT2D eigenvalue weighted by atomic mass is 10.1. The van der Waals surface area contributed by atoms with Gasteiger partial charge in [0.15, 0.2) is 0 Å². The number of methoxy groups -OCH3 is 1. The Morgan fingerprint density at radius 3 is 2.64 bits per heavy atom. The van der Waals surface area contributed by atoms with Crippen molar-refractivity contribution in [3.05, 3.63) is 33.9 Å². The lowest BCUT2D eigenvalue weighted by molar-refractivity contribution is 0.415. The average molecular weight is 299 g/mol. The maximum atomic E-state index is 5.83. The number of anilines is 1. The first-order valence-electron chi connectivity index (χ1n) is 4.23. The van der Waals surface area contributed by atoms with Crippen LogP contribution in [-0.4, -0.2) is 7.11 Å². The molecule has 0 aromatic heterocycles. The molecule has 2 aromatic rings. The van der Waals surface area contributed by atoms with E-state index in [0.29, 0.717) is 0 Å². The van der Waals surface area contributed by atoms with Crippen molar-refractivity contribution in [2.24, 2.45) is 0 Å². The molecule has 14 heavy (non-hydrogen) atoms. The summed E-state index contributed by atoms with van der Waals surface area (Å²) in [7, 11) is 1.66. The monoisotopic (exact) mass is 299 g/mol. The number of rotatable bonds is 1.